The van der Waals surface area contributed by atoms with Crippen molar-refractivity contribution in [2.45, 2.75) is 103 Å². The lowest BCUT2D eigenvalue weighted by atomic mass is 9.62. The van der Waals surface area contributed by atoms with Gasteiger partial charge < -0.3 is 15.3 Å². The van der Waals surface area contributed by atoms with Crippen molar-refractivity contribution in [1.82, 2.24) is 0 Å². The number of unbranched alkanes of at least 4 members (excludes halogenated alkanes) is 3. The van der Waals surface area contributed by atoms with E-state index < -0.39 is 12.1 Å². The monoisotopic (exact) mass is 394 g/mol. The quantitative estimate of drug-likeness (QED) is 0.320. The number of hydrogen-bond acceptors (Lipinski definition) is 4. The summed E-state index contributed by atoms with van der Waals surface area (Å²) in [6.07, 6.45) is 13.7. The summed E-state index contributed by atoms with van der Waals surface area (Å²) in [5, 5.41) is 29.6. The Hall–Kier alpha value is -1.20. The van der Waals surface area contributed by atoms with Gasteiger partial charge in [-0.3, -0.25) is 9.59 Å². The van der Waals surface area contributed by atoms with Crippen LogP contribution < -0.4 is 0 Å². The van der Waals surface area contributed by atoms with Crippen molar-refractivity contribution in [2.75, 3.05) is 0 Å². The van der Waals surface area contributed by atoms with Gasteiger partial charge in [-0.2, -0.15) is 0 Å². The summed E-state index contributed by atoms with van der Waals surface area (Å²) in [6.45, 7) is 2.16. The summed E-state index contributed by atoms with van der Waals surface area (Å²) in [5.41, 5.74) is 0.0819. The van der Waals surface area contributed by atoms with Gasteiger partial charge in [-0.25, -0.2) is 0 Å². The van der Waals surface area contributed by atoms with Crippen LogP contribution >= 0.6 is 0 Å². The maximum absolute atomic E-state index is 12.3. The molecule has 2 fully saturated rings. The molecule has 3 N–H and O–H groups in total. The first-order valence-electron chi connectivity index (χ1n) is 11.2. The predicted octanol–water partition coefficient (Wildman–Crippen LogP) is 4.26. The van der Waals surface area contributed by atoms with Crippen LogP contribution in [0.15, 0.2) is 12.2 Å². The van der Waals surface area contributed by atoms with Gasteiger partial charge in [0.05, 0.1) is 12.2 Å². The van der Waals surface area contributed by atoms with E-state index in [9.17, 15) is 19.8 Å². The highest BCUT2D eigenvalue weighted by atomic mass is 16.4. The number of Topliss-reactive ketones (excluding diaryl/α,β-unsaturated/α-hetero) is 1. The molecule has 0 aromatic carbocycles. The number of carbonyl (C=O) groups is 2. The average molecular weight is 395 g/mol. The lowest BCUT2D eigenvalue weighted by molar-refractivity contribution is -0.137. The summed E-state index contributed by atoms with van der Waals surface area (Å²) in [7, 11) is 0. The van der Waals surface area contributed by atoms with E-state index in [1.165, 1.54) is 6.42 Å². The van der Waals surface area contributed by atoms with E-state index in [1.54, 1.807) is 0 Å². The first-order valence-corrected chi connectivity index (χ1v) is 11.2. The van der Waals surface area contributed by atoms with Crippen molar-refractivity contribution >= 4 is 11.8 Å². The number of carboxylic acids is 1. The van der Waals surface area contributed by atoms with Crippen LogP contribution in [-0.2, 0) is 9.59 Å². The summed E-state index contributed by atoms with van der Waals surface area (Å²) in [4.78, 5) is 22.8. The van der Waals surface area contributed by atoms with E-state index >= 15 is 0 Å². The topological polar surface area (TPSA) is 94.8 Å². The number of carboxylic acid groups (broad SMARTS) is 1. The lowest BCUT2D eigenvalue weighted by Gasteiger charge is -2.45. The molecule has 2 aliphatic rings. The normalized spacial score (nSPS) is 27.8. The van der Waals surface area contributed by atoms with E-state index in [0.29, 0.717) is 12.8 Å². The van der Waals surface area contributed by atoms with Gasteiger partial charge in [0, 0.05) is 24.7 Å². The third-order valence-electron chi connectivity index (χ3n) is 6.91. The molecule has 0 unspecified atom stereocenters. The number of carbonyl (C=O) groups excluding carboxylic acids is 1. The largest absolute Gasteiger partial charge is 0.481 e. The summed E-state index contributed by atoms with van der Waals surface area (Å²) in [6, 6.07) is 0. The SMILES string of the molecule is CCCC1([C@H](O)CC=C[C@H]2[C@H](O)CC(=O)[C@@H]2CCCCCCC(=O)O)CCC1. The fourth-order valence-electron chi connectivity index (χ4n) is 5.08. The zero-order valence-corrected chi connectivity index (χ0v) is 17.3. The van der Waals surface area contributed by atoms with Gasteiger partial charge in [-0.05, 0) is 43.9 Å². The minimum Gasteiger partial charge on any atom is -0.481 e. The molecule has 160 valence electrons. The van der Waals surface area contributed by atoms with Crippen LogP contribution in [0, 0.1) is 17.3 Å². The molecule has 2 saturated carbocycles. The van der Waals surface area contributed by atoms with Crippen molar-refractivity contribution in [3.05, 3.63) is 12.2 Å². The Morgan fingerprint density at radius 2 is 1.96 bits per heavy atom. The van der Waals surface area contributed by atoms with Crippen LogP contribution in [0.4, 0.5) is 0 Å². The van der Waals surface area contributed by atoms with Crippen LogP contribution in [0.1, 0.15) is 90.4 Å². The zero-order valence-electron chi connectivity index (χ0n) is 17.3. The Morgan fingerprint density at radius 3 is 2.57 bits per heavy atom. The molecule has 0 amide bonds. The molecular formula is C23H38O5. The van der Waals surface area contributed by atoms with Gasteiger partial charge in [0.15, 0.2) is 0 Å². The van der Waals surface area contributed by atoms with E-state index in [0.717, 1.165) is 51.4 Å². The minimum atomic E-state index is -0.760. The minimum absolute atomic E-state index is 0.0819. The van der Waals surface area contributed by atoms with Crippen molar-refractivity contribution in [3.63, 3.8) is 0 Å². The number of ketones is 1. The summed E-state index contributed by atoms with van der Waals surface area (Å²) in [5.74, 6) is -0.919. The number of rotatable bonds is 13. The van der Waals surface area contributed by atoms with Crippen molar-refractivity contribution in [3.8, 4) is 0 Å². The molecule has 0 spiro atoms. The van der Waals surface area contributed by atoms with Crippen LogP contribution in [-0.4, -0.2) is 39.3 Å². The maximum Gasteiger partial charge on any atom is 0.303 e. The molecule has 2 aliphatic carbocycles. The first-order chi connectivity index (χ1) is 13.4. The third kappa shape index (κ3) is 6.15. The van der Waals surface area contributed by atoms with Crippen molar-refractivity contribution in [1.29, 1.82) is 0 Å². The molecule has 2 rings (SSSR count). The zero-order chi connectivity index (χ0) is 20.6. The molecule has 4 atom stereocenters. The summed E-state index contributed by atoms with van der Waals surface area (Å²) >= 11 is 0. The highest BCUT2D eigenvalue weighted by Crippen LogP contribution is 2.48. The van der Waals surface area contributed by atoms with Crippen molar-refractivity contribution in [2.24, 2.45) is 17.3 Å². The Balaban J connectivity index is 1.79. The molecule has 0 saturated heterocycles. The van der Waals surface area contributed by atoms with E-state index in [-0.39, 0.29) is 42.0 Å². The number of aliphatic carboxylic acids is 1. The maximum atomic E-state index is 12.3. The molecule has 0 aromatic rings. The van der Waals surface area contributed by atoms with Gasteiger partial charge in [0.2, 0.25) is 0 Å². The van der Waals surface area contributed by atoms with Gasteiger partial charge >= 0.3 is 5.97 Å². The van der Waals surface area contributed by atoms with E-state index in [2.05, 4.69) is 6.92 Å². The molecule has 0 heterocycles. The Bertz CT molecular complexity index is 537. The molecule has 5 heteroatoms. The Kier molecular flexibility index (Phi) is 9.16. The standard InChI is InChI=1S/C23H38O5/c1-2-13-23(14-8-15-23)21(26)11-7-10-18-17(19(24)16-20(18)25)9-5-3-4-6-12-22(27)28/h7,10,17-18,20-21,25-26H,2-6,8-9,11-16H2,1H3,(H,27,28)/t17-,18-,20-,21-/m1/s1. The fourth-order valence-corrected chi connectivity index (χ4v) is 5.08. The van der Waals surface area contributed by atoms with Gasteiger partial charge in [0.1, 0.15) is 5.78 Å². The Labute approximate surface area is 169 Å². The molecule has 0 aliphatic heterocycles. The second kappa shape index (κ2) is 11.1. The van der Waals surface area contributed by atoms with E-state index in [1.807, 2.05) is 12.2 Å². The number of hydrogen-bond donors (Lipinski definition) is 3. The highest BCUT2D eigenvalue weighted by Gasteiger charge is 2.42. The molecule has 5 nitrogen and oxygen atoms in total. The second-order valence-corrected chi connectivity index (χ2v) is 8.91. The predicted molar refractivity (Wildman–Crippen MR) is 109 cm³/mol. The summed E-state index contributed by atoms with van der Waals surface area (Å²) < 4.78 is 0. The van der Waals surface area contributed by atoms with Gasteiger partial charge in [0.25, 0.3) is 0 Å². The molecular weight excluding hydrogens is 356 g/mol. The van der Waals surface area contributed by atoms with Crippen LogP contribution in [0.25, 0.3) is 0 Å². The molecule has 0 aromatic heterocycles. The van der Waals surface area contributed by atoms with Crippen LogP contribution in [0.5, 0.6) is 0 Å². The third-order valence-corrected chi connectivity index (χ3v) is 6.91. The van der Waals surface area contributed by atoms with Crippen LogP contribution in [0.3, 0.4) is 0 Å². The fraction of sp³-hybridized carbons (Fsp3) is 0.826. The molecule has 0 bridgehead atoms. The van der Waals surface area contributed by atoms with Crippen molar-refractivity contribution < 1.29 is 24.9 Å². The molecule has 28 heavy (non-hydrogen) atoms. The smallest absolute Gasteiger partial charge is 0.303 e. The highest BCUT2D eigenvalue weighted by molar-refractivity contribution is 5.84. The van der Waals surface area contributed by atoms with Crippen LogP contribution in [0.2, 0.25) is 0 Å². The first kappa shape index (κ1) is 23.1. The number of aliphatic hydroxyl groups is 2. The van der Waals surface area contributed by atoms with Gasteiger partial charge in [-0.15, -0.1) is 0 Å². The van der Waals surface area contributed by atoms with E-state index in [4.69, 9.17) is 5.11 Å². The average Bonchev–Trinajstić information content (AvgIpc) is 2.87. The second-order valence-electron chi connectivity index (χ2n) is 8.91. The lowest BCUT2D eigenvalue weighted by Crippen LogP contribution is -2.41. The molecule has 0 radical (unpaired) electrons. The number of aliphatic hydroxyl groups excluding tert-OH is 2. The van der Waals surface area contributed by atoms with Gasteiger partial charge in [-0.1, -0.05) is 51.2 Å². The Morgan fingerprint density at radius 1 is 1.25 bits per heavy atom.